The highest BCUT2D eigenvalue weighted by Crippen LogP contribution is 2.27. The lowest BCUT2D eigenvalue weighted by atomic mass is 10.3. The molecular formula is C16H9Cl2N3O3S. The number of fused-ring (bicyclic) bond motifs is 3. The van der Waals surface area contributed by atoms with E-state index >= 15 is 0 Å². The van der Waals surface area contributed by atoms with Crippen LogP contribution in [0.25, 0.3) is 20.9 Å². The number of ether oxygens (including phenoxy) is 1. The molecule has 0 aliphatic rings. The molecule has 126 valence electrons. The number of aromatic nitrogens is 3. The fourth-order valence-corrected chi connectivity index (χ4v) is 3.87. The van der Waals surface area contributed by atoms with Gasteiger partial charge in [0.2, 0.25) is 4.96 Å². The van der Waals surface area contributed by atoms with Crippen molar-refractivity contribution in [1.82, 2.24) is 14.0 Å². The third-order valence-electron chi connectivity index (χ3n) is 3.73. The Morgan fingerprint density at radius 1 is 1.08 bits per heavy atom. The minimum atomic E-state index is -0.679. The molecule has 0 unspecified atom stereocenters. The Bertz CT molecular complexity index is 1260. The largest absolute Gasteiger partial charge is 0.497 e. The summed E-state index contributed by atoms with van der Waals surface area (Å²) in [4.78, 5) is 29.7. The Morgan fingerprint density at radius 3 is 2.60 bits per heavy atom. The number of hydrogen-bond acceptors (Lipinski definition) is 5. The summed E-state index contributed by atoms with van der Waals surface area (Å²) < 4.78 is 8.34. The second-order valence-corrected chi connectivity index (χ2v) is 6.99. The van der Waals surface area contributed by atoms with Crippen LogP contribution in [0.2, 0.25) is 10.0 Å². The first-order valence-corrected chi connectivity index (χ1v) is 8.64. The SMILES string of the molecule is COc1ccc2c(c1)sc1nc(=O)n(-c3ccc(Cl)c(Cl)c3)c(=O)n12. The standard InChI is InChI=1S/C16H9Cl2N3O3S/c1-24-9-3-5-12-13(7-9)25-15-19-14(22)20(16(23)21(12)15)8-2-4-10(17)11(18)6-8/h2-7H,1H3. The Balaban J connectivity index is 2.09. The van der Waals surface area contributed by atoms with Gasteiger partial charge in [-0.25, -0.2) is 18.6 Å². The van der Waals surface area contributed by atoms with Gasteiger partial charge in [-0.2, -0.15) is 4.98 Å². The number of thiazole rings is 1. The number of halogens is 2. The molecule has 0 aliphatic heterocycles. The maximum atomic E-state index is 13.0. The fraction of sp³-hybridized carbons (Fsp3) is 0.0625. The van der Waals surface area contributed by atoms with Crippen LogP contribution in [0.15, 0.2) is 46.0 Å². The second-order valence-electron chi connectivity index (χ2n) is 5.16. The molecule has 0 bridgehead atoms. The molecule has 0 radical (unpaired) electrons. The monoisotopic (exact) mass is 393 g/mol. The molecule has 9 heteroatoms. The van der Waals surface area contributed by atoms with Gasteiger partial charge in [0.25, 0.3) is 0 Å². The van der Waals surface area contributed by atoms with E-state index in [0.717, 1.165) is 9.27 Å². The molecule has 2 aromatic heterocycles. The summed E-state index contributed by atoms with van der Waals surface area (Å²) in [5, 5.41) is 0.580. The van der Waals surface area contributed by atoms with Crippen LogP contribution in [0.4, 0.5) is 0 Å². The van der Waals surface area contributed by atoms with E-state index < -0.39 is 11.4 Å². The molecule has 25 heavy (non-hydrogen) atoms. The molecule has 0 aliphatic carbocycles. The Labute approximate surface area is 154 Å². The van der Waals surface area contributed by atoms with Gasteiger partial charge in [0.15, 0.2) is 0 Å². The zero-order chi connectivity index (χ0) is 17.7. The third kappa shape index (κ3) is 2.52. The second kappa shape index (κ2) is 5.87. The summed E-state index contributed by atoms with van der Waals surface area (Å²) in [6.07, 6.45) is 0. The van der Waals surface area contributed by atoms with Gasteiger partial charge in [0.05, 0.1) is 33.1 Å². The summed E-state index contributed by atoms with van der Waals surface area (Å²) in [6, 6.07) is 9.82. The summed E-state index contributed by atoms with van der Waals surface area (Å²) in [6.45, 7) is 0. The molecule has 0 saturated heterocycles. The highest BCUT2D eigenvalue weighted by molar-refractivity contribution is 7.23. The van der Waals surface area contributed by atoms with Gasteiger partial charge in [-0.05, 0) is 36.4 Å². The van der Waals surface area contributed by atoms with Gasteiger partial charge >= 0.3 is 11.4 Å². The summed E-state index contributed by atoms with van der Waals surface area (Å²) in [7, 11) is 1.56. The van der Waals surface area contributed by atoms with E-state index in [2.05, 4.69) is 4.98 Å². The van der Waals surface area contributed by atoms with E-state index in [1.165, 1.54) is 27.9 Å². The van der Waals surface area contributed by atoms with Crippen LogP contribution in [0.5, 0.6) is 5.75 Å². The first kappa shape index (κ1) is 16.1. The predicted molar refractivity (Wildman–Crippen MR) is 99.0 cm³/mol. The predicted octanol–water partition coefficient (Wildman–Crippen LogP) is 3.38. The molecular weight excluding hydrogens is 385 g/mol. The van der Waals surface area contributed by atoms with Gasteiger partial charge in [0.1, 0.15) is 5.75 Å². The van der Waals surface area contributed by atoms with Crippen molar-refractivity contribution < 1.29 is 4.74 Å². The summed E-state index contributed by atoms with van der Waals surface area (Å²) in [5.74, 6) is 0.659. The third-order valence-corrected chi connectivity index (χ3v) is 5.47. The van der Waals surface area contributed by atoms with Crippen molar-refractivity contribution in [3.63, 3.8) is 0 Å². The first-order chi connectivity index (χ1) is 12.0. The summed E-state index contributed by atoms with van der Waals surface area (Å²) >= 11 is 13.1. The van der Waals surface area contributed by atoms with Crippen molar-refractivity contribution in [1.29, 1.82) is 0 Å². The quantitative estimate of drug-likeness (QED) is 0.523. The molecule has 0 N–H and O–H groups in total. The van der Waals surface area contributed by atoms with Crippen LogP contribution in [0.1, 0.15) is 0 Å². The topological polar surface area (TPSA) is 65.6 Å². The van der Waals surface area contributed by atoms with E-state index in [0.29, 0.717) is 26.9 Å². The Kier molecular flexibility index (Phi) is 3.79. The number of hydrogen-bond donors (Lipinski definition) is 0. The maximum absolute atomic E-state index is 13.0. The molecule has 0 saturated carbocycles. The van der Waals surface area contributed by atoms with E-state index in [-0.39, 0.29) is 5.02 Å². The highest BCUT2D eigenvalue weighted by Gasteiger charge is 2.15. The van der Waals surface area contributed by atoms with Crippen molar-refractivity contribution >= 4 is 49.7 Å². The molecule has 0 atom stereocenters. The van der Waals surface area contributed by atoms with Crippen molar-refractivity contribution in [2.45, 2.75) is 0 Å². The highest BCUT2D eigenvalue weighted by atomic mass is 35.5. The van der Waals surface area contributed by atoms with Crippen molar-refractivity contribution in [3.8, 4) is 11.4 Å². The zero-order valence-corrected chi connectivity index (χ0v) is 15.0. The van der Waals surface area contributed by atoms with E-state index in [4.69, 9.17) is 27.9 Å². The van der Waals surface area contributed by atoms with Gasteiger partial charge in [-0.1, -0.05) is 34.5 Å². The van der Waals surface area contributed by atoms with Crippen LogP contribution >= 0.6 is 34.5 Å². The van der Waals surface area contributed by atoms with E-state index in [9.17, 15) is 9.59 Å². The van der Waals surface area contributed by atoms with Crippen LogP contribution in [0.3, 0.4) is 0 Å². The minimum absolute atomic E-state index is 0.246. The minimum Gasteiger partial charge on any atom is -0.497 e. The van der Waals surface area contributed by atoms with Crippen LogP contribution in [0, 0.1) is 0 Å². The molecule has 2 heterocycles. The molecule has 0 fully saturated rings. The summed E-state index contributed by atoms with van der Waals surface area (Å²) in [5.41, 5.74) is -0.252. The van der Waals surface area contributed by atoms with Crippen molar-refractivity contribution in [3.05, 3.63) is 67.4 Å². The van der Waals surface area contributed by atoms with Gasteiger partial charge < -0.3 is 4.74 Å². The van der Waals surface area contributed by atoms with E-state index in [1.807, 2.05) is 0 Å². The van der Waals surface area contributed by atoms with Crippen LogP contribution < -0.4 is 16.1 Å². The average molecular weight is 394 g/mol. The lowest BCUT2D eigenvalue weighted by Crippen LogP contribution is -2.37. The molecule has 6 nitrogen and oxygen atoms in total. The van der Waals surface area contributed by atoms with Gasteiger partial charge in [0, 0.05) is 0 Å². The average Bonchev–Trinajstić information content (AvgIpc) is 2.95. The normalized spacial score (nSPS) is 11.3. The van der Waals surface area contributed by atoms with Crippen molar-refractivity contribution in [2.75, 3.05) is 7.11 Å². The lowest BCUT2D eigenvalue weighted by Gasteiger charge is -2.06. The molecule has 4 aromatic rings. The number of benzene rings is 2. The van der Waals surface area contributed by atoms with Crippen molar-refractivity contribution in [2.24, 2.45) is 0 Å². The smallest absolute Gasteiger partial charge is 0.359 e. The van der Waals surface area contributed by atoms with E-state index in [1.54, 1.807) is 31.4 Å². The number of rotatable bonds is 2. The molecule has 0 amide bonds. The lowest BCUT2D eigenvalue weighted by molar-refractivity contribution is 0.415. The van der Waals surface area contributed by atoms with Crippen LogP contribution in [-0.2, 0) is 0 Å². The number of methoxy groups -OCH3 is 1. The number of nitrogens with zero attached hydrogens (tertiary/aromatic N) is 3. The molecule has 2 aromatic carbocycles. The first-order valence-electron chi connectivity index (χ1n) is 7.07. The van der Waals surface area contributed by atoms with Crippen LogP contribution in [-0.4, -0.2) is 21.1 Å². The van der Waals surface area contributed by atoms with Gasteiger partial charge in [-0.3, -0.25) is 0 Å². The maximum Gasteiger partial charge on any atom is 0.359 e. The molecule has 4 rings (SSSR count). The Hall–Kier alpha value is -2.35. The Morgan fingerprint density at radius 2 is 1.88 bits per heavy atom. The molecule has 0 spiro atoms. The van der Waals surface area contributed by atoms with Gasteiger partial charge in [-0.15, -0.1) is 0 Å². The zero-order valence-electron chi connectivity index (χ0n) is 12.7. The fourth-order valence-electron chi connectivity index (χ4n) is 2.55.